The zero-order chi connectivity index (χ0) is 12.5. The minimum absolute atomic E-state index is 0.211. The lowest BCUT2D eigenvalue weighted by Gasteiger charge is -2.06. The van der Waals surface area contributed by atoms with Crippen LogP contribution in [0, 0.1) is 0 Å². The minimum atomic E-state index is -4.32. The number of ether oxygens (including phenoxy) is 1. The third-order valence-electron chi connectivity index (χ3n) is 2.47. The summed E-state index contributed by atoms with van der Waals surface area (Å²) in [6.07, 6.45) is -1.25. The minimum Gasteiger partial charge on any atom is -0.360 e. The van der Waals surface area contributed by atoms with E-state index in [9.17, 15) is 18.0 Å². The Bertz CT molecular complexity index is 434. The maximum atomic E-state index is 12.3. The standard InChI is InChI=1S/C12H9F3O2/c13-12(14,15)9-5-3-8(4-6-9)11-10(17-11)2-1-7-16/h1-7,10-11H/t10-,11-/m0/s1. The van der Waals surface area contributed by atoms with Crippen molar-refractivity contribution in [2.24, 2.45) is 0 Å². The van der Waals surface area contributed by atoms with Gasteiger partial charge in [-0.1, -0.05) is 12.1 Å². The molecule has 2 nitrogen and oxygen atoms in total. The van der Waals surface area contributed by atoms with Crippen molar-refractivity contribution in [3.05, 3.63) is 47.5 Å². The van der Waals surface area contributed by atoms with Crippen LogP contribution in [-0.4, -0.2) is 12.4 Å². The second kappa shape index (κ2) is 4.33. The second-order valence-electron chi connectivity index (χ2n) is 3.66. The fourth-order valence-corrected chi connectivity index (χ4v) is 1.56. The van der Waals surface area contributed by atoms with Crippen LogP contribution in [0.3, 0.4) is 0 Å². The summed E-state index contributed by atoms with van der Waals surface area (Å²) in [6.45, 7) is 0. The van der Waals surface area contributed by atoms with E-state index in [1.54, 1.807) is 6.08 Å². The number of rotatable bonds is 3. The van der Waals surface area contributed by atoms with Gasteiger partial charge in [-0.05, 0) is 29.8 Å². The summed E-state index contributed by atoms with van der Waals surface area (Å²) >= 11 is 0. The molecule has 0 aromatic heterocycles. The number of hydrogen-bond donors (Lipinski definition) is 0. The number of aldehydes is 1. The van der Waals surface area contributed by atoms with Gasteiger partial charge in [0, 0.05) is 0 Å². The maximum Gasteiger partial charge on any atom is 0.416 e. The van der Waals surface area contributed by atoms with Crippen molar-refractivity contribution in [1.29, 1.82) is 0 Å². The summed E-state index contributed by atoms with van der Waals surface area (Å²) in [5.41, 5.74) is 0.000401. The molecule has 0 saturated carbocycles. The van der Waals surface area contributed by atoms with Crippen LogP contribution in [-0.2, 0) is 15.7 Å². The van der Waals surface area contributed by atoms with Crippen molar-refractivity contribution >= 4 is 6.29 Å². The van der Waals surface area contributed by atoms with Gasteiger partial charge in [0.05, 0.1) is 5.56 Å². The summed E-state index contributed by atoms with van der Waals surface area (Å²) in [4.78, 5) is 10.1. The van der Waals surface area contributed by atoms with E-state index in [2.05, 4.69) is 0 Å². The molecule has 0 amide bonds. The highest BCUT2D eigenvalue weighted by atomic mass is 19.4. The van der Waals surface area contributed by atoms with Crippen LogP contribution < -0.4 is 0 Å². The van der Waals surface area contributed by atoms with Crippen LogP contribution in [0.25, 0.3) is 0 Å². The molecule has 0 bridgehead atoms. The number of halogens is 3. The third-order valence-corrected chi connectivity index (χ3v) is 2.47. The van der Waals surface area contributed by atoms with Crippen LogP contribution in [0.15, 0.2) is 36.4 Å². The average molecular weight is 242 g/mol. The average Bonchev–Trinajstić information content (AvgIpc) is 3.05. The van der Waals surface area contributed by atoms with Gasteiger partial charge in [0.1, 0.15) is 18.5 Å². The van der Waals surface area contributed by atoms with E-state index in [-0.39, 0.29) is 12.2 Å². The highest BCUT2D eigenvalue weighted by Crippen LogP contribution is 2.40. The Balaban J connectivity index is 2.05. The van der Waals surface area contributed by atoms with Crippen molar-refractivity contribution in [2.75, 3.05) is 0 Å². The van der Waals surface area contributed by atoms with Crippen LogP contribution in [0.5, 0.6) is 0 Å². The van der Waals surface area contributed by atoms with Gasteiger partial charge in [0.15, 0.2) is 0 Å². The molecule has 2 atom stereocenters. The molecule has 0 N–H and O–H groups in total. The van der Waals surface area contributed by atoms with Crippen molar-refractivity contribution in [1.82, 2.24) is 0 Å². The molecule has 1 fully saturated rings. The summed E-state index contributed by atoms with van der Waals surface area (Å²) < 4.78 is 42.1. The highest BCUT2D eigenvalue weighted by molar-refractivity contribution is 5.65. The first-order valence-electron chi connectivity index (χ1n) is 4.97. The molecule has 90 valence electrons. The van der Waals surface area contributed by atoms with Crippen molar-refractivity contribution in [2.45, 2.75) is 18.4 Å². The molecule has 1 saturated heterocycles. The number of benzene rings is 1. The third kappa shape index (κ3) is 2.74. The van der Waals surface area contributed by atoms with Crippen molar-refractivity contribution in [3.8, 4) is 0 Å². The van der Waals surface area contributed by atoms with Crippen LogP contribution in [0.4, 0.5) is 13.2 Å². The quantitative estimate of drug-likeness (QED) is 0.463. The van der Waals surface area contributed by atoms with E-state index in [1.165, 1.54) is 18.2 Å². The predicted octanol–water partition coefficient (Wildman–Crippen LogP) is 2.90. The van der Waals surface area contributed by atoms with Gasteiger partial charge in [-0.15, -0.1) is 0 Å². The molecular weight excluding hydrogens is 233 g/mol. The number of epoxide rings is 1. The molecule has 1 aromatic rings. The molecule has 1 aliphatic heterocycles. The van der Waals surface area contributed by atoms with E-state index in [0.717, 1.165) is 12.1 Å². The molecule has 2 rings (SSSR count). The van der Waals surface area contributed by atoms with Crippen LogP contribution >= 0.6 is 0 Å². The zero-order valence-electron chi connectivity index (χ0n) is 8.65. The first kappa shape index (κ1) is 11.9. The smallest absolute Gasteiger partial charge is 0.360 e. The Kier molecular flexibility index (Phi) is 3.02. The lowest BCUT2D eigenvalue weighted by molar-refractivity contribution is -0.137. The predicted molar refractivity (Wildman–Crippen MR) is 54.3 cm³/mol. The van der Waals surface area contributed by atoms with E-state index in [1.807, 2.05) is 0 Å². The van der Waals surface area contributed by atoms with Crippen molar-refractivity contribution < 1.29 is 22.7 Å². The Hall–Kier alpha value is -1.62. The van der Waals surface area contributed by atoms with E-state index < -0.39 is 11.7 Å². The molecule has 17 heavy (non-hydrogen) atoms. The SMILES string of the molecule is O=CC=C[C@@H]1O[C@H]1c1ccc(C(F)(F)F)cc1. The number of carbonyl (C=O) groups excluding carboxylic acids is 1. The number of allylic oxidation sites excluding steroid dienone is 1. The van der Waals surface area contributed by atoms with E-state index >= 15 is 0 Å². The van der Waals surface area contributed by atoms with Gasteiger partial charge in [0.25, 0.3) is 0 Å². The number of hydrogen-bond acceptors (Lipinski definition) is 2. The fourth-order valence-electron chi connectivity index (χ4n) is 1.56. The van der Waals surface area contributed by atoms with E-state index in [0.29, 0.717) is 11.8 Å². The number of alkyl halides is 3. The lowest BCUT2D eigenvalue weighted by atomic mass is 10.1. The summed E-state index contributed by atoms with van der Waals surface area (Å²) in [6, 6.07) is 4.83. The second-order valence-corrected chi connectivity index (χ2v) is 3.66. The Morgan fingerprint density at radius 3 is 2.35 bits per heavy atom. The monoisotopic (exact) mass is 242 g/mol. The highest BCUT2D eigenvalue weighted by Gasteiger charge is 2.38. The maximum absolute atomic E-state index is 12.3. The molecule has 0 aliphatic carbocycles. The van der Waals surface area contributed by atoms with Gasteiger partial charge in [0.2, 0.25) is 0 Å². The van der Waals surface area contributed by atoms with Gasteiger partial charge >= 0.3 is 6.18 Å². The molecular formula is C12H9F3O2. The van der Waals surface area contributed by atoms with Crippen molar-refractivity contribution in [3.63, 3.8) is 0 Å². The molecule has 0 radical (unpaired) electrons. The summed E-state index contributed by atoms with van der Waals surface area (Å²) in [7, 11) is 0. The fraction of sp³-hybridized carbons (Fsp3) is 0.250. The zero-order valence-corrected chi connectivity index (χ0v) is 8.65. The first-order chi connectivity index (χ1) is 8.02. The Labute approximate surface area is 95.7 Å². The van der Waals surface area contributed by atoms with E-state index in [4.69, 9.17) is 4.74 Å². The molecule has 1 aliphatic rings. The molecule has 5 heteroatoms. The topological polar surface area (TPSA) is 29.6 Å². The van der Waals surface area contributed by atoms with Gasteiger partial charge < -0.3 is 4.74 Å². The molecule has 1 heterocycles. The van der Waals surface area contributed by atoms with Gasteiger partial charge in [-0.2, -0.15) is 13.2 Å². The lowest BCUT2D eigenvalue weighted by Crippen LogP contribution is -2.04. The van der Waals surface area contributed by atoms with Crippen LogP contribution in [0.1, 0.15) is 17.2 Å². The first-order valence-corrected chi connectivity index (χ1v) is 4.97. The molecule has 0 spiro atoms. The molecule has 1 aromatic carbocycles. The van der Waals surface area contributed by atoms with Gasteiger partial charge in [-0.25, -0.2) is 0 Å². The van der Waals surface area contributed by atoms with Gasteiger partial charge in [-0.3, -0.25) is 4.79 Å². The Morgan fingerprint density at radius 1 is 1.18 bits per heavy atom. The normalized spacial score (nSPS) is 23.9. The van der Waals surface area contributed by atoms with Crippen LogP contribution in [0.2, 0.25) is 0 Å². The number of carbonyl (C=O) groups is 1. The molecule has 0 unspecified atom stereocenters. The largest absolute Gasteiger partial charge is 0.416 e. The summed E-state index contributed by atoms with van der Waals surface area (Å²) in [5.74, 6) is 0. The Morgan fingerprint density at radius 2 is 1.82 bits per heavy atom. The summed E-state index contributed by atoms with van der Waals surface area (Å²) in [5, 5.41) is 0.